The standard InChI is InChI=1S/C20H16ClF2N5O2S/c21-16-15(12-8-24-26-18(12)19(17(16)23)31-4-3-29)9-1-2-28-10(5-9)6-14(27-28)25-20(30)11-7-13(11)22/h1-2,5-6,8,11,13,29H,3-4,7H2,(H,24,26)(H,25,27,30)/t11-,13+/m1/s1. The zero-order chi connectivity index (χ0) is 21.7. The van der Waals surface area contributed by atoms with E-state index in [0.717, 1.165) is 11.8 Å². The predicted octanol–water partition coefficient (Wildman–Crippen LogP) is 4.05. The quantitative estimate of drug-likeness (QED) is 0.375. The molecule has 1 aliphatic carbocycles. The number of benzene rings is 1. The van der Waals surface area contributed by atoms with E-state index in [-0.39, 0.29) is 18.1 Å². The largest absolute Gasteiger partial charge is 0.396 e. The van der Waals surface area contributed by atoms with Gasteiger partial charge in [-0.2, -0.15) is 10.2 Å². The normalized spacial score (nSPS) is 18.1. The molecule has 5 rings (SSSR count). The molecule has 1 fully saturated rings. The Labute approximate surface area is 183 Å². The van der Waals surface area contributed by atoms with Crippen LogP contribution in [0.5, 0.6) is 0 Å². The first-order chi connectivity index (χ1) is 15.0. The molecule has 0 bridgehead atoms. The molecule has 0 spiro atoms. The van der Waals surface area contributed by atoms with Crippen molar-refractivity contribution in [1.82, 2.24) is 19.8 Å². The number of fused-ring (bicyclic) bond motifs is 2. The first-order valence-electron chi connectivity index (χ1n) is 9.50. The minimum Gasteiger partial charge on any atom is -0.396 e. The summed E-state index contributed by atoms with van der Waals surface area (Å²) in [6, 6.07) is 5.16. The van der Waals surface area contributed by atoms with E-state index >= 15 is 4.39 Å². The van der Waals surface area contributed by atoms with Gasteiger partial charge in [-0.3, -0.25) is 9.89 Å². The van der Waals surface area contributed by atoms with Crippen LogP contribution < -0.4 is 5.32 Å². The van der Waals surface area contributed by atoms with Crippen LogP contribution in [0.1, 0.15) is 6.42 Å². The van der Waals surface area contributed by atoms with Crippen LogP contribution in [-0.2, 0) is 4.79 Å². The molecule has 0 radical (unpaired) electrons. The number of aromatic nitrogens is 4. The first kappa shape index (κ1) is 20.2. The van der Waals surface area contributed by atoms with Crippen molar-refractivity contribution >= 4 is 51.5 Å². The van der Waals surface area contributed by atoms with Crippen molar-refractivity contribution in [2.45, 2.75) is 17.5 Å². The molecule has 0 unspecified atom stereocenters. The Hall–Kier alpha value is -2.69. The van der Waals surface area contributed by atoms with Crippen molar-refractivity contribution < 1.29 is 18.7 Å². The molecule has 0 saturated heterocycles. The molecule has 3 aromatic heterocycles. The number of hydrogen-bond acceptors (Lipinski definition) is 5. The number of aliphatic hydroxyl groups is 1. The molecule has 160 valence electrons. The van der Waals surface area contributed by atoms with E-state index in [4.69, 9.17) is 16.7 Å². The highest BCUT2D eigenvalue weighted by molar-refractivity contribution is 7.99. The second-order valence-electron chi connectivity index (χ2n) is 7.22. The Kier molecular flexibility index (Phi) is 5.07. The molecule has 4 aromatic rings. The molecule has 7 nitrogen and oxygen atoms in total. The fourth-order valence-corrected chi connectivity index (χ4v) is 4.70. The highest BCUT2D eigenvalue weighted by Crippen LogP contribution is 2.42. The number of nitrogens with one attached hydrogen (secondary N) is 2. The first-order valence-corrected chi connectivity index (χ1v) is 10.9. The van der Waals surface area contributed by atoms with E-state index in [0.29, 0.717) is 44.0 Å². The van der Waals surface area contributed by atoms with E-state index in [1.165, 1.54) is 0 Å². The third-order valence-electron chi connectivity index (χ3n) is 5.14. The molecule has 3 heterocycles. The van der Waals surface area contributed by atoms with Crippen LogP contribution in [-0.4, -0.2) is 49.4 Å². The Morgan fingerprint density at radius 2 is 2.26 bits per heavy atom. The van der Waals surface area contributed by atoms with Gasteiger partial charge in [0.05, 0.1) is 39.7 Å². The van der Waals surface area contributed by atoms with Crippen LogP contribution in [0.15, 0.2) is 35.5 Å². The molecule has 3 N–H and O–H groups in total. The monoisotopic (exact) mass is 463 g/mol. The van der Waals surface area contributed by atoms with E-state index in [1.54, 1.807) is 35.1 Å². The van der Waals surface area contributed by atoms with Gasteiger partial charge in [0.15, 0.2) is 11.6 Å². The average molecular weight is 464 g/mol. The summed E-state index contributed by atoms with van der Waals surface area (Å²) >= 11 is 7.58. The summed E-state index contributed by atoms with van der Waals surface area (Å²) in [5.41, 5.74) is 2.27. The van der Waals surface area contributed by atoms with Crippen LogP contribution in [0.2, 0.25) is 5.02 Å². The van der Waals surface area contributed by atoms with Crippen molar-refractivity contribution in [2.24, 2.45) is 5.92 Å². The molecule has 2 atom stereocenters. The molecular weight excluding hydrogens is 448 g/mol. The predicted molar refractivity (Wildman–Crippen MR) is 115 cm³/mol. The molecule has 11 heteroatoms. The van der Waals surface area contributed by atoms with Gasteiger partial charge in [-0.05, 0) is 24.1 Å². The number of hydrogen-bond donors (Lipinski definition) is 3. The van der Waals surface area contributed by atoms with Crippen LogP contribution in [0.4, 0.5) is 14.6 Å². The van der Waals surface area contributed by atoms with Gasteiger partial charge in [0.2, 0.25) is 5.91 Å². The molecular formula is C20H16ClF2N5O2S. The Bertz CT molecular complexity index is 1320. The molecule has 0 aliphatic heterocycles. The molecule has 1 amide bonds. The number of thioether (sulfide) groups is 1. The lowest BCUT2D eigenvalue weighted by molar-refractivity contribution is -0.117. The van der Waals surface area contributed by atoms with Crippen LogP contribution in [0, 0.1) is 11.7 Å². The number of H-pyrrole nitrogens is 1. The van der Waals surface area contributed by atoms with E-state index in [1.807, 2.05) is 0 Å². The Morgan fingerprint density at radius 3 is 3.00 bits per heavy atom. The lowest BCUT2D eigenvalue weighted by Gasteiger charge is -2.12. The van der Waals surface area contributed by atoms with Gasteiger partial charge in [0.25, 0.3) is 0 Å². The summed E-state index contributed by atoms with van der Waals surface area (Å²) in [5.74, 6) is -0.960. The van der Waals surface area contributed by atoms with E-state index in [2.05, 4.69) is 20.6 Å². The molecule has 1 aromatic carbocycles. The lowest BCUT2D eigenvalue weighted by atomic mass is 10.0. The molecule has 1 aliphatic rings. The number of anilines is 1. The number of amides is 1. The Balaban J connectivity index is 1.55. The smallest absolute Gasteiger partial charge is 0.231 e. The van der Waals surface area contributed by atoms with Crippen molar-refractivity contribution in [3.63, 3.8) is 0 Å². The minimum atomic E-state index is -1.09. The van der Waals surface area contributed by atoms with Crippen molar-refractivity contribution in [3.8, 4) is 11.1 Å². The number of pyridine rings is 1. The van der Waals surface area contributed by atoms with E-state index in [9.17, 15) is 9.18 Å². The highest BCUT2D eigenvalue weighted by Gasteiger charge is 2.43. The van der Waals surface area contributed by atoms with Crippen LogP contribution in [0.3, 0.4) is 0 Å². The number of rotatable bonds is 6. The topological polar surface area (TPSA) is 95.3 Å². The third-order valence-corrected chi connectivity index (χ3v) is 6.55. The SMILES string of the molecule is O=C(Nc1cc2cc(-c3c(Cl)c(F)c(SCCO)c4[nH]ncc34)ccn2n1)[C@@H]1C[C@@H]1F. The third kappa shape index (κ3) is 3.54. The van der Waals surface area contributed by atoms with Crippen LogP contribution in [0.25, 0.3) is 27.5 Å². The lowest BCUT2D eigenvalue weighted by Crippen LogP contribution is -2.15. The van der Waals surface area contributed by atoms with E-state index < -0.39 is 23.8 Å². The average Bonchev–Trinajstić information content (AvgIpc) is 3.12. The van der Waals surface area contributed by atoms with Crippen molar-refractivity contribution in [2.75, 3.05) is 17.7 Å². The summed E-state index contributed by atoms with van der Waals surface area (Å²) < 4.78 is 29.7. The second kappa shape index (κ2) is 7.77. The zero-order valence-corrected chi connectivity index (χ0v) is 17.5. The number of aliphatic hydroxyl groups excluding tert-OH is 1. The highest BCUT2D eigenvalue weighted by atomic mass is 35.5. The summed E-state index contributed by atoms with van der Waals surface area (Å²) in [6.07, 6.45) is 2.40. The maximum Gasteiger partial charge on any atom is 0.231 e. The van der Waals surface area contributed by atoms with Crippen molar-refractivity contribution in [3.05, 3.63) is 41.4 Å². The van der Waals surface area contributed by atoms with Crippen molar-refractivity contribution in [1.29, 1.82) is 0 Å². The fourth-order valence-electron chi connectivity index (χ4n) is 3.52. The van der Waals surface area contributed by atoms with Gasteiger partial charge in [0, 0.05) is 29.0 Å². The number of nitrogens with zero attached hydrogens (tertiary/aromatic N) is 3. The summed E-state index contributed by atoms with van der Waals surface area (Å²) in [6.45, 7) is -0.0947. The number of aromatic amines is 1. The van der Waals surface area contributed by atoms with Gasteiger partial charge < -0.3 is 10.4 Å². The van der Waals surface area contributed by atoms with Gasteiger partial charge in [0.1, 0.15) is 6.17 Å². The van der Waals surface area contributed by atoms with Gasteiger partial charge in [-0.25, -0.2) is 13.3 Å². The van der Waals surface area contributed by atoms with Gasteiger partial charge in [-0.15, -0.1) is 11.8 Å². The summed E-state index contributed by atoms with van der Waals surface area (Å²) in [7, 11) is 0. The fraction of sp³-hybridized carbons (Fsp3) is 0.250. The van der Waals surface area contributed by atoms with Gasteiger partial charge >= 0.3 is 0 Å². The number of alkyl halides is 1. The Morgan fingerprint density at radius 1 is 1.45 bits per heavy atom. The number of carbonyl (C=O) groups is 1. The minimum absolute atomic E-state index is 0.0468. The molecule has 1 saturated carbocycles. The number of halogens is 3. The summed E-state index contributed by atoms with van der Waals surface area (Å²) in [5, 5.41) is 23.4. The zero-order valence-electron chi connectivity index (χ0n) is 15.9. The number of carbonyl (C=O) groups excluding carboxylic acids is 1. The van der Waals surface area contributed by atoms with Gasteiger partial charge in [-0.1, -0.05) is 11.6 Å². The maximum atomic E-state index is 15.1. The van der Waals surface area contributed by atoms with Crippen LogP contribution >= 0.6 is 23.4 Å². The molecule has 31 heavy (non-hydrogen) atoms. The second-order valence-corrected chi connectivity index (χ2v) is 8.71. The summed E-state index contributed by atoms with van der Waals surface area (Å²) in [4.78, 5) is 12.3. The maximum absolute atomic E-state index is 15.1.